The van der Waals surface area contributed by atoms with Crippen LogP contribution in [0.4, 0.5) is 100 Å². The number of carbonyl (C=O) groups excluding carboxylic acids is 3. The van der Waals surface area contributed by atoms with Crippen molar-refractivity contribution in [3.8, 4) is 69.0 Å². The van der Waals surface area contributed by atoms with Crippen LogP contribution >= 0.6 is 7.82 Å². The second kappa shape index (κ2) is 31.1. The Labute approximate surface area is 624 Å². The van der Waals surface area contributed by atoms with E-state index >= 15 is 17.7 Å². The van der Waals surface area contributed by atoms with Gasteiger partial charge < -0.3 is 88.7 Å². The van der Waals surface area contributed by atoms with Gasteiger partial charge in [0.2, 0.25) is 35.1 Å². The van der Waals surface area contributed by atoms with E-state index in [4.69, 9.17) is 70.4 Å². The van der Waals surface area contributed by atoms with E-state index in [-0.39, 0.29) is 70.0 Å². The van der Waals surface area contributed by atoms with Crippen LogP contribution in [0.2, 0.25) is 0 Å². The molecule has 0 spiro atoms. The molecule has 0 bridgehead atoms. The fourth-order valence-corrected chi connectivity index (χ4v) is 12.2. The summed E-state index contributed by atoms with van der Waals surface area (Å²) < 4.78 is 149. The predicted molar refractivity (Wildman–Crippen MR) is 389 cm³/mol. The van der Waals surface area contributed by atoms with Gasteiger partial charge in [-0.25, -0.2) is 47.6 Å². The molecule has 0 aliphatic carbocycles. The summed E-state index contributed by atoms with van der Waals surface area (Å²) in [5.74, 6) is -5.45. The molecule has 578 valence electrons. The first-order chi connectivity index (χ1) is 52.5. The number of hydrogen-bond donors (Lipinski definition) is 6. The molecule has 6 aromatic heterocycles. The lowest BCUT2D eigenvalue weighted by Gasteiger charge is -2.39. The SMILES string of the molecule is COc1cc(Nc2ncc(F)c(Nc3ccc4c(n3)N(COP(=O)(OCN3C(=O)C(C)(C)Oc5ccc(Nc6nc(Nc7cc(OC)c(OC)c(OC)c7)ncc6F)nc53)OCN3C(=O)C(C)(C)Oc5ccc(Nc6nc(Nc7cc(OC)c(OC)c(OC)c7)ncc6F)nc53)C(=O)C(C)(C)O4)n2)cc(OC)c1OC. The number of methoxy groups -OCH3 is 9. The summed E-state index contributed by atoms with van der Waals surface area (Å²) in [6.45, 7) is 5.41. The number of benzene rings is 3. The summed E-state index contributed by atoms with van der Waals surface area (Å²) in [5, 5.41) is 17.3. The lowest BCUT2D eigenvalue weighted by molar-refractivity contribution is -0.133. The van der Waals surface area contributed by atoms with Crippen molar-refractivity contribution < 1.29 is 103 Å². The smallest absolute Gasteiger partial charge is 0.480 e. The molecule has 0 radical (unpaired) electrons. The number of amides is 3. The number of pyridine rings is 3. The van der Waals surface area contributed by atoms with E-state index in [2.05, 4.69) is 76.8 Å². The highest BCUT2D eigenvalue weighted by Crippen LogP contribution is 2.53. The zero-order valence-corrected chi connectivity index (χ0v) is 62.4. The van der Waals surface area contributed by atoms with Crippen molar-refractivity contribution in [1.82, 2.24) is 44.9 Å². The van der Waals surface area contributed by atoms with Gasteiger partial charge in [0.15, 0.2) is 121 Å². The van der Waals surface area contributed by atoms with Gasteiger partial charge in [0, 0.05) is 53.5 Å². The molecule has 0 saturated heterocycles. The molecule has 0 unspecified atom stereocenters. The molecule has 9 heterocycles. The third-order valence-corrected chi connectivity index (χ3v) is 17.7. The second-order valence-corrected chi connectivity index (χ2v) is 26.6. The number of fused-ring (bicyclic) bond motifs is 3. The molecule has 12 rings (SSSR count). The first-order valence-electron chi connectivity index (χ1n) is 32.7. The summed E-state index contributed by atoms with van der Waals surface area (Å²) >= 11 is 0. The summed E-state index contributed by atoms with van der Waals surface area (Å²) in [6, 6.07) is 17.8. The van der Waals surface area contributed by atoms with Gasteiger partial charge in [0.25, 0.3) is 17.7 Å². The number of phosphoric acid groups is 1. The lowest BCUT2D eigenvalue weighted by Crippen LogP contribution is -2.54. The average Bonchev–Trinajstić information content (AvgIpc) is 0.761. The molecule has 0 atom stereocenters. The van der Waals surface area contributed by atoms with Gasteiger partial charge in [0.05, 0.1) is 82.6 Å². The Morgan fingerprint density at radius 3 is 0.845 bits per heavy atom. The van der Waals surface area contributed by atoms with Crippen LogP contribution in [0.25, 0.3) is 0 Å². The Bertz CT molecular complexity index is 4550. The van der Waals surface area contributed by atoms with E-state index in [0.29, 0.717) is 68.8 Å². The minimum Gasteiger partial charge on any atom is -0.493 e. The Balaban J connectivity index is 0.865. The molecule has 37 nitrogen and oxygen atoms in total. The number of carbonyl (C=O) groups is 3. The summed E-state index contributed by atoms with van der Waals surface area (Å²) in [6.07, 6.45) is 2.67. The molecular formula is C69H72F3N18O19P. The highest BCUT2D eigenvalue weighted by molar-refractivity contribution is 7.48. The van der Waals surface area contributed by atoms with Crippen LogP contribution in [0.1, 0.15) is 41.5 Å². The van der Waals surface area contributed by atoms with Crippen LogP contribution in [0.5, 0.6) is 69.0 Å². The van der Waals surface area contributed by atoms with Crippen LogP contribution in [0, 0.1) is 17.5 Å². The van der Waals surface area contributed by atoms with Gasteiger partial charge in [0.1, 0.15) is 37.6 Å². The summed E-state index contributed by atoms with van der Waals surface area (Å²) in [7, 11) is 7.44. The zero-order chi connectivity index (χ0) is 78.7. The fraction of sp³-hybridized carbons (Fsp3) is 0.304. The van der Waals surface area contributed by atoms with Crippen LogP contribution in [0.15, 0.2) is 91.4 Å². The van der Waals surface area contributed by atoms with Gasteiger partial charge >= 0.3 is 7.82 Å². The molecule has 0 saturated carbocycles. The minimum absolute atomic E-state index is 0.0318. The molecule has 3 aliphatic heterocycles. The van der Waals surface area contributed by atoms with Crippen molar-refractivity contribution >= 4 is 113 Å². The Morgan fingerprint density at radius 2 is 0.618 bits per heavy atom. The molecule has 9 aromatic rings. The van der Waals surface area contributed by atoms with Crippen molar-refractivity contribution in [3.05, 3.63) is 109 Å². The summed E-state index contributed by atoms with van der Waals surface area (Å²) in [4.78, 5) is 86.0. The van der Waals surface area contributed by atoms with Gasteiger partial charge in [-0.3, -0.25) is 42.7 Å². The Hall–Kier alpha value is -12.9. The average molecular weight is 1550 g/mol. The zero-order valence-electron chi connectivity index (χ0n) is 61.5. The number of ether oxygens (including phenoxy) is 12. The number of hydrogen-bond acceptors (Lipinski definition) is 34. The standard InChI is InChI=1S/C69H72F3N18O19P/c1-67(2)61(91)88(58-40(107-67)16-19-49(82-58)79-55-37(70)28-73-64(85-55)76-34-22-43(95-7)52(101-13)44(23-34)96-8)31-104-110(94,105-32-89-59-41(108-68(3,4)62(89)92)17-20-50(83-59)80-56-38(71)29-74-65(86-56)77-35-24-45(97-9)53(102-14)46(25-35)98-10)106-33-90-60-42(109-69(5,6)63(90)93)18-21-51(84-60)81-57-39(72)30-75-66(87-57)78-36-26-47(99-11)54(103-15)48(27-36)100-12/h16-30H,31-33H2,1-15H3,(H2,73,76,79,82,85)(H2,74,77,80,83,86)(H2,75,78,81,84,87). The third-order valence-electron chi connectivity index (χ3n) is 16.4. The second-order valence-electron chi connectivity index (χ2n) is 25.0. The van der Waals surface area contributed by atoms with E-state index in [0.717, 1.165) is 33.3 Å². The molecule has 41 heteroatoms. The molecule has 3 amide bonds. The Morgan fingerprint density at radius 1 is 0.373 bits per heavy atom. The van der Waals surface area contributed by atoms with E-state index in [1.807, 2.05) is 0 Å². The molecule has 6 N–H and O–H groups in total. The van der Waals surface area contributed by atoms with Crippen LogP contribution < -0.4 is 103 Å². The van der Waals surface area contributed by atoms with Crippen molar-refractivity contribution in [3.63, 3.8) is 0 Å². The number of halogens is 3. The number of aromatic nitrogens is 9. The Kier molecular flexibility index (Phi) is 21.7. The first kappa shape index (κ1) is 76.7. The molecule has 3 aromatic carbocycles. The van der Waals surface area contributed by atoms with Crippen LogP contribution in [-0.2, 0) is 32.5 Å². The van der Waals surface area contributed by atoms with E-state index in [9.17, 15) is 14.4 Å². The first-order valence-corrected chi connectivity index (χ1v) is 34.2. The van der Waals surface area contributed by atoms with Crippen LogP contribution in [-0.4, -0.2) is 164 Å². The van der Waals surface area contributed by atoms with Crippen LogP contribution in [0.3, 0.4) is 0 Å². The van der Waals surface area contributed by atoms with Crippen molar-refractivity contribution in [2.24, 2.45) is 0 Å². The molecule has 0 fully saturated rings. The maximum absolute atomic E-state index is 16.0. The quantitative estimate of drug-likeness (QED) is 0.0228. The van der Waals surface area contributed by atoms with E-state index < -0.39 is 97.4 Å². The molecule has 110 heavy (non-hydrogen) atoms. The maximum atomic E-state index is 16.0. The predicted octanol–water partition coefficient (Wildman–Crippen LogP) is 11.1. The molecular weight excluding hydrogens is 1470 g/mol. The van der Waals surface area contributed by atoms with Crippen molar-refractivity contribution in [1.29, 1.82) is 0 Å². The number of nitrogens with one attached hydrogen (secondary N) is 6. The number of rotatable bonds is 30. The normalized spacial score (nSPS) is 14.4. The number of anilines is 15. The fourth-order valence-electron chi connectivity index (χ4n) is 11.2. The van der Waals surface area contributed by atoms with Crippen molar-refractivity contribution in [2.75, 3.05) is 131 Å². The van der Waals surface area contributed by atoms with E-state index in [1.54, 1.807) is 36.4 Å². The maximum Gasteiger partial charge on any atom is 0.480 e. The number of phosphoric ester groups is 1. The monoisotopic (exact) mass is 1540 g/mol. The van der Waals surface area contributed by atoms with Gasteiger partial charge in [-0.1, -0.05) is 0 Å². The van der Waals surface area contributed by atoms with Gasteiger partial charge in [-0.15, -0.1) is 0 Å². The van der Waals surface area contributed by atoms with Gasteiger partial charge in [-0.2, -0.15) is 15.0 Å². The minimum atomic E-state index is -5.45. The topological polar surface area (TPSA) is 405 Å². The highest BCUT2D eigenvalue weighted by Gasteiger charge is 2.48. The lowest BCUT2D eigenvalue weighted by atomic mass is 10.1. The van der Waals surface area contributed by atoms with E-state index in [1.165, 1.54) is 142 Å². The van der Waals surface area contributed by atoms with Crippen molar-refractivity contribution in [2.45, 2.75) is 58.3 Å². The number of nitrogens with zero attached hydrogens (tertiary/aromatic N) is 12. The molecule has 3 aliphatic rings. The largest absolute Gasteiger partial charge is 0.493 e. The highest BCUT2D eigenvalue weighted by atomic mass is 31.2. The third kappa shape index (κ3) is 15.9. The van der Waals surface area contributed by atoms with Gasteiger partial charge in [-0.05, 0) is 77.9 Å². The summed E-state index contributed by atoms with van der Waals surface area (Å²) in [5.41, 5.74) is -3.98.